The number of aromatic nitrogens is 4. The van der Waals surface area contributed by atoms with E-state index in [1.54, 1.807) is 21.4 Å². The predicted molar refractivity (Wildman–Crippen MR) is 88.4 cm³/mol. The Morgan fingerprint density at radius 2 is 2.12 bits per heavy atom. The van der Waals surface area contributed by atoms with Gasteiger partial charge in [0.05, 0.1) is 31.4 Å². The normalized spacial score (nSPS) is 15.4. The van der Waals surface area contributed by atoms with Gasteiger partial charge in [-0.05, 0) is 18.2 Å². The molecule has 0 spiro atoms. The van der Waals surface area contributed by atoms with Gasteiger partial charge in [-0.25, -0.2) is 9.67 Å². The zero-order valence-corrected chi connectivity index (χ0v) is 13.5. The Morgan fingerprint density at radius 3 is 2.92 bits per heavy atom. The van der Waals surface area contributed by atoms with Crippen LogP contribution in [0.5, 0.6) is 0 Å². The summed E-state index contributed by atoms with van der Waals surface area (Å²) in [4.78, 5) is 17.0. The molecular weight excluding hydrogens is 332 g/mol. The number of hydrogen-bond acceptors (Lipinski definition) is 5. The Kier molecular flexibility index (Phi) is 4.05. The van der Waals surface area contributed by atoms with Crippen molar-refractivity contribution >= 4 is 22.6 Å². The summed E-state index contributed by atoms with van der Waals surface area (Å²) in [5, 5.41) is 5.34. The highest BCUT2D eigenvalue weighted by Crippen LogP contribution is 2.17. The Morgan fingerprint density at radius 1 is 1.29 bits per heavy atom. The Hall–Kier alpha value is -2.22. The zero-order chi connectivity index (χ0) is 16.5. The van der Waals surface area contributed by atoms with Crippen LogP contribution in [0.2, 0.25) is 5.02 Å². The molecule has 0 atom stereocenters. The van der Waals surface area contributed by atoms with Gasteiger partial charge in [0.1, 0.15) is 5.39 Å². The van der Waals surface area contributed by atoms with E-state index in [0.29, 0.717) is 42.2 Å². The van der Waals surface area contributed by atoms with Gasteiger partial charge in [0.2, 0.25) is 0 Å². The van der Waals surface area contributed by atoms with E-state index in [9.17, 15) is 4.79 Å². The first-order valence-electron chi connectivity index (χ1n) is 7.65. The molecule has 0 unspecified atom stereocenters. The van der Waals surface area contributed by atoms with E-state index in [4.69, 9.17) is 21.1 Å². The Labute approximate surface area is 142 Å². The van der Waals surface area contributed by atoms with Crippen LogP contribution in [0.15, 0.2) is 41.6 Å². The maximum Gasteiger partial charge on any atom is 0.264 e. The predicted octanol–water partition coefficient (Wildman–Crippen LogP) is 2.00. The first-order chi connectivity index (χ1) is 11.7. The number of halogens is 1. The average Bonchev–Trinajstić information content (AvgIpc) is 3.24. The molecule has 3 aromatic rings. The van der Waals surface area contributed by atoms with Gasteiger partial charge in [0.15, 0.2) is 11.9 Å². The lowest BCUT2D eigenvalue weighted by Gasteiger charge is -2.10. The van der Waals surface area contributed by atoms with Gasteiger partial charge in [-0.1, -0.05) is 17.7 Å². The van der Waals surface area contributed by atoms with Crippen LogP contribution in [0.4, 0.5) is 0 Å². The van der Waals surface area contributed by atoms with E-state index in [0.717, 1.165) is 5.69 Å². The van der Waals surface area contributed by atoms with Crippen molar-refractivity contribution in [2.24, 2.45) is 0 Å². The third-order valence-corrected chi connectivity index (χ3v) is 4.14. The summed E-state index contributed by atoms with van der Waals surface area (Å²) >= 11 is 6.02. The van der Waals surface area contributed by atoms with E-state index in [1.807, 2.05) is 12.1 Å². The molecule has 1 fully saturated rings. The third kappa shape index (κ3) is 2.82. The molecule has 1 aliphatic rings. The van der Waals surface area contributed by atoms with E-state index < -0.39 is 0 Å². The monoisotopic (exact) mass is 346 g/mol. The maximum atomic E-state index is 12.6. The summed E-state index contributed by atoms with van der Waals surface area (Å²) < 4.78 is 13.9. The van der Waals surface area contributed by atoms with Gasteiger partial charge < -0.3 is 9.47 Å². The van der Waals surface area contributed by atoms with Gasteiger partial charge in [-0.2, -0.15) is 5.10 Å². The molecule has 3 heterocycles. The summed E-state index contributed by atoms with van der Waals surface area (Å²) in [5.41, 5.74) is 1.13. The molecule has 1 saturated heterocycles. The summed E-state index contributed by atoms with van der Waals surface area (Å²) in [5.74, 6) is 0. The molecule has 0 amide bonds. The molecule has 0 aliphatic carbocycles. The van der Waals surface area contributed by atoms with Crippen LogP contribution in [-0.4, -0.2) is 38.8 Å². The molecular formula is C16H15ClN4O3. The first-order valence-corrected chi connectivity index (χ1v) is 8.02. The summed E-state index contributed by atoms with van der Waals surface area (Å²) in [6, 6.07) is 7.24. The van der Waals surface area contributed by atoms with E-state index >= 15 is 0 Å². The molecule has 0 saturated carbocycles. The standard InChI is InChI=1S/C16H15ClN4O3/c17-11-2-1-3-12(8-11)21-15-13(9-19-21)16(22)20(10-18-15)5-4-14-23-6-7-24-14/h1-3,8-10,14H,4-7H2. The molecule has 1 aromatic carbocycles. The average molecular weight is 347 g/mol. The molecule has 124 valence electrons. The second-order valence-electron chi connectivity index (χ2n) is 5.48. The molecule has 1 aliphatic heterocycles. The van der Waals surface area contributed by atoms with Crippen molar-refractivity contribution in [3.8, 4) is 5.69 Å². The summed E-state index contributed by atoms with van der Waals surface area (Å²) in [7, 11) is 0. The summed E-state index contributed by atoms with van der Waals surface area (Å²) in [6.45, 7) is 1.68. The number of nitrogens with zero attached hydrogens (tertiary/aromatic N) is 4. The topological polar surface area (TPSA) is 71.2 Å². The van der Waals surface area contributed by atoms with Gasteiger partial charge >= 0.3 is 0 Å². The molecule has 0 radical (unpaired) electrons. The number of ether oxygens (including phenoxy) is 2. The van der Waals surface area contributed by atoms with Gasteiger partial charge in [0, 0.05) is 18.0 Å². The molecule has 7 nitrogen and oxygen atoms in total. The fourth-order valence-electron chi connectivity index (χ4n) is 2.72. The highest BCUT2D eigenvalue weighted by molar-refractivity contribution is 6.30. The number of rotatable bonds is 4. The minimum Gasteiger partial charge on any atom is -0.350 e. The first kappa shape index (κ1) is 15.3. The Balaban J connectivity index is 1.66. The molecule has 4 rings (SSSR count). The fraction of sp³-hybridized carbons (Fsp3) is 0.312. The highest BCUT2D eigenvalue weighted by atomic mass is 35.5. The van der Waals surface area contributed by atoms with Crippen LogP contribution in [0, 0.1) is 0 Å². The zero-order valence-electron chi connectivity index (χ0n) is 12.8. The van der Waals surface area contributed by atoms with Crippen LogP contribution in [0.1, 0.15) is 6.42 Å². The van der Waals surface area contributed by atoms with Gasteiger partial charge in [-0.3, -0.25) is 9.36 Å². The molecule has 24 heavy (non-hydrogen) atoms. The number of fused-ring (bicyclic) bond motifs is 1. The highest BCUT2D eigenvalue weighted by Gasteiger charge is 2.17. The van der Waals surface area contributed by atoms with Crippen molar-refractivity contribution in [3.63, 3.8) is 0 Å². The lowest BCUT2D eigenvalue weighted by atomic mass is 10.3. The second kappa shape index (κ2) is 6.35. The van der Waals surface area contributed by atoms with Crippen LogP contribution >= 0.6 is 11.6 Å². The molecule has 8 heteroatoms. The number of benzene rings is 1. The Bertz CT molecular complexity index is 930. The van der Waals surface area contributed by atoms with Gasteiger partial charge in [-0.15, -0.1) is 0 Å². The number of aryl methyl sites for hydroxylation is 1. The lowest BCUT2D eigenvalue weighted by molar-refractivity contribution is -0.0492. The SMILES string of the molecule is O=c1c2cnn(-c3cccc(Cl)c3)c2ncn1CCC1OCCO1. The molecule has 0 bridgehead atoms. The minimum absolute atomic E-state index is 0.133. The van der Waals surface area contributed by atoms with Crippen molar-refractivity contribution in [1.82, 2.24) is 19.3 Å². The maximum absolute atomic E-state index is 12.6. The van der Waals surface area contributed by atoms with Crippen LogP contribution < -0.4 is 5.56 Å². The lowest BCUT2D eigenvalue weighted by Crippen LogP contribution is -2.23. The van der Waals surface area contributed by atoms with Crippen LogP contribution in [0.25, 0.3) is 16.7 Å². The van der Waals surface area contributed by atoms with E-state index in [1.165, 1.54) is 12.5 Å². The van der Waals surface area contributed by atoms with Crippen molar-refractivity contribution in [2.45, 2.75) is 19.3 Å². The van der Waals surface area contributed by atoms with Crippen molar-refractivity contribution in [3.05, 3.63) is 52.2 Å². The smallest absolute Gasteiger partial charge is 0.264 e. The van der Waals surface area contributed by atoms with Gasteiger partial charge in [0.25, 0.3) is 5.56 Å². The third-order valence-electron chi connectivity index (χ3n) is 3.90. The van der Waals surface area contributed by atoms with E-state index in [-0.39, 0.29) is 11.8 Å². The quantitative estimate of drug-likeness (QED) is 0.722. The summed E-state index contributed by atoms with van der Waals surface area (Å²) in [6.07, 6.45) is 3.42. The fourth-order valence-corrected chi connectivity index (χ4v) is 2.91. The van der Waals surface area contributed by atoms with Crippen molar-refractivity contribution in [2.75, 3.05) is 13.2 Å². The molecule has 2 aromatic heterocycles. The van der Waals surface area contributed by atoms with Crippen LogP contribution in [-0.2, 0) is 16.0 Å². The van der Waals surface area contributed by atoms with Crippen molar-refractivity contribution < 1.29 is 9.47 Å². The van der Waals surface area contributed by atoms with E-state index in [2.05, 4.69) is 10.1 Å². The van der Waals surface area contributed by atoms with Crippen molar-refractivity contribution in [1.29, 1.82) is 0 Å². The minimum atomic E-state index is -0.248. The largest absolute Gasteiger partial charge is 0.350 e. The second-order valence-corrected chi connectivity index (χ2v) is 5.91. The molecule has 0 N–H and O–H groups in total. The number of hydrogen-bond donors (Lipinski definition) is 0. The van der Waals surface area contributed by atoms with Crippen LogP contribution in [0.3, 0.4) is 0 Å².